The number of hydrogen-bond acceptors (Lipinski definition) is 3. The molecule has 0 radical (unpaired) electrons. The fourth-order valence-electron chi connectivity index (χ4n) is 1.98. The highest BCUT2D eigenvalue weighted by molar-refractivity contribution is 6.23. The Morgan fingerprint density at radius 3 is 2.45 bits per heavy atom. The van der Waals surface area contributed by atoms with E-state index >= 15 is 0 Å². The SMILES string of the molecule is CC(=O)C(=CC(=O)OCC1CC1)c1ccccc1C(F)(F)F. The number of halogens is 3. The van der Waals surface area contributed by atoms with E-state index in [9.17, 15) is 22.8 Å². The number of ether oxygens (including phenoxy) is 1. The monoisotopic (exact) mass is 312 g/mol. The smallest absolute Gasteiger partial charge is 0.417 e. The number of carbonyl (C=O) groups excluding carboxylic acids is 2. The standard InChI is InChI=1S/C16H15F3O3/c1-10(20)13(8-15(21)22-9-11-6-7-11)12-4-2-3-5-14(12)16(17,18)19/h2-5,8,11H,6-7,9H2,1H3. The Bertz CT molecular complexity index is 613. The predicted octanol–water partition coefficient (Wildman–Crippen LogP) is 3.63. The Balaban J connectivity index is 2.31. The van der Waals surface area contributed by atoms with Gasteiger partial charge in [-0.2, -0.15) is 13.2 Å². The lowest BCUT2D eigenvalue weighted by Gasteiger charge is -2.13. The number of Topliss-reactive ketones (excluding diaryl/α,β-unsaturated/α-hetero) is 1. The van der Waals surface area contributed by atoms with Crippen molar-refractivity contribution in [3.8, 4) is 0 Å². The van der Waals surface area contributed by atoms with Crippen LogP contribution in [0.5, 0.6) is 0 Å². The maximum absolute atomic E-state index is 13.0. The van der Waals surface area contributed by atoms with Gasteiger partial charge in [0.2, 0.25) is 0 Å². The van der Waals surface area contributed by atoms with Crippen LogP contribution in [0.3, 0.4) is 0 Å². The van der Waals surface area contributed by atoms with E-state index in [4.69, 9.17) is 4.74 Å². The molecule has 1 fully saturated rings. The molecule has 0 unspecified atom stereocenters. The van der Waals surface area contributed by atoms with E-state index in [1.165, 1.54) is 18.2 Å². The molecule has 1 aliphatic carbocycles. The first-order chi connectivity index (χ1) is 10.3. The quantitative estimate of drug-likeness (QED) is 0.616. The van der Waals surface area contributed by atoms with E-state index in [-0.39, 0.29) is 17.7 Å². The topological polar surface area (TPSA) is 43.4 Å². The predicted molar refractivity (Wildman–Crippen MR) is 73.8 cm³/mol. The van der Waals surface area contributed by atoms with Crippen LogP contribution in [0.2, 0.25) is 0 Å². The number of esters is 1. The highest BCUT2D eigenvalue weighted by atomic mass is 19.4. The Morgan fingerprint density at radius 1 is 1.27 bits per heavy atom. The van der Waals surface area contributed by atoms with Crippen molar-refractivity contribution >= 4 is 17.3 Å². The number of rotatable bonds is 5. The number of carbonyl (C=O) groups is 2. The highest BCUT2D eigenvalue weighted by Gasteiger charge is 2.34. The Morgan fingerprint density at radius 2 is 1.91 bits per heavy atom. The van der Waals surface area contributed by atoms with Gasteiger partial charge in [0, 0.05) is 11.6 Å². The van der Waals surface area contributed by atoms with Gasteiger partial charge in [0.15, 0.2) is 5.78 Å². The van der Waals surface area contributed by atoms with Gasteiger partial charge in [0.1, 0.15) is 0 Å². The zero-order valence-corrected chi connectivity index (χ0v) is 11.9. The van der Waals surface area contributed by atoms with Gasteiger partial charge in [-0.1, -0.05) is 18.2 Å². The minimum absolute atomic E-state index is 0.238. The molecule has 3 nitrogen and oxygen atoms in total. The minimum atomic E-state index is -4.61. The molecule has 0 bridgehead atoms. The number of ketones is 1. The molecule has 22 heavy (non-hydrogen) atoms. The van der Waals surface area contributed by atoms with Gasteiger partial charge < -0.3 is 4.74 Å². The van der Waals surface area contributed by atoms with Gasteiger partial charge in [0.05, 0.1) is 12.2 Å². The summed E-state index contributed by atoms with van der Waals surface area (Å²) in [6.07, 6.45) is -1.81. The van der Waals surface area contributed by atoms with Crippen molar-refractivity contribution in [1.29, 1.82) is 0 Å². The van der Waals surface area contributed by atoms with Gasteiger partial charge in [-0.3, -0.25) is 4.79 Å². The number of hydrogen-bond donors (Lipinski definition) is 0. The first-order valence-electron chi connectivity index (χ1n) is 6.85. The van der Waals surface area contributed by atoms with Crippen molar-refractivity contribution in [3.05, 3.63) is 41.5 Å². The maximum Gasteiger partial charge on any atom is 0.417 e. The van der Waals surface area contributed by atoms with Crippen LogP contribution in [-0.4, -0.2) is 18.4 Å². The molecule has 0 N–H and O–H groups in total. The molecule has 0 saturated heterocycles. The summed E-state index contributed by atoms with van der Waals surface area (Å²) in [5.74, 6) is -1.09. The minimum Gasteiger partial charge on any atom is -0.462 e. The molecule has 2 rings (SSSR count). The molecule has 1 aromatic carbocycles. The fourth-order valence-corrected chi connectivity index (χ4v) is 1.98. The lowest BCUT2D eigenvalue weighted by atomic mass is 9.96. The fraction of sp³-hybridized carbons (Fsp3) is 0.375. The van der Waals surface area contributed by atoms with Crippen molar-refractivity contribution in [1.82, 2.24) is 0 Å². The second-order valence-corrected chi connectivity index (χ2v) is 5.23. The molecule has 0 atom stereocenters. The number of alkyl halides is 3. The molecular weight excluding hydrogens is 297 g/mol. The molecule has 0 spiro atoms. The van der Waals surface area contributed by atoms with Crippen LogP contribution in [0.25, 0.3) is 5.57 Å². The number of allylic oxidation sites excluding steroid dienone is 1. The van der Waals surface area contributed by atoms with Crippen LogP contribution in [0.1, 0.15) is 30.9 Å². The van der Waals surface area contributed by atoms with Crippen LogP contribution in [0, 0.1) is 5.92 Å². The summed E-state index contributed by atoms with van der Waals surface area (Å²) in [7, 11) is 0. The molecule has 6 heteroatoms. The lowest BCUT2D eigenvalue weighted by molar-refractivity contribution is -0.139. The van der Waals surface area contributed by atoms with E-state index in [2.05, 4.69) is 0 Å². The maximum atomic E-state index is 13.0. The van der Waals surface area contributed by atoms with Crippen molar-refractivity contribution in [2.45, 2.75) is 25.9 Å². The summed E-state index contributed by atoms with van der Waals surface area (Å²) in [5.41, 5.74) is -1.56. The zero-order valence-electron chi connectivity index (χ0n) is 11.9. The van der Waals surface area contributed by atoms with E-state index < -0.39 is 23.5 Å². The van der Waals surface area contributed by atoms with E-state index in [0.29, 0.717) is 5.92 Å². The third-order valence-electron chi connectivity index (χ3n) is 3.32. The largest absolute Gasteiger partial charge is 0.462 e. The van der Waals surface area contributed by atoms with Crippen LogP contribution in [0.15, 0.2) is 30.3 Å². The van der Waals surface area contributed by atoms with Crippen LogP contribution >= 0.6 is 0 Å². The number of benzene rings is 1. The third-order valence-corrected chi connectivity index (χ3v) is 3.32. The summed E-state index contributed by atoms with van der Waals surface area (Å²) >= 11 is 0. The summed E-state index contributed by atoms with van der Waals surface area (Å²) in [5, 5.41) is 0. The van der Waals surface area contributed by atoms with Crippen LogP contribution in [0.4, 0.5) is 13.2 Å². The van der Waals surface area contributed by atoms with Gasteiger partial charge >= 0.3 is 12.1 Å². The van der Waals surface area contributed by atoms with Gasteiger partial charge in [-0.05, 0) is 37.3 Å². The Labute approximate surface area is 125 Å². The second kappa shape index (κ2) is 6.34. The first-order valence-corrected chi connectivity index (χ1v) is 6.85. The van der Waals surface area contributed by atoms with Crippen LogP contribution in [-0.2, 0) is 20.5 Å². The van der Waals surface area contributed by atoms with Gasteiger partial charge in [0.25, 0.3) is 0 Å². The van der Waals surface area contributed by atoms with Crippen LogP contribution < -0.4 is 0 Å². The summed E-state index contributed by atoms with van der Waals surface area (Å²) < 4.78 is 44.0. The average molecular weight is 312 g/mol. The summed E-state index contributed by atoms with van der Waals surface area (Å²) in [6, 6.07) is 4.66. The molecule has 1 saturated carbocycles. The normalized spacial score (nSPS) is 15.5. The molecular formula is C16H15F3O3. The van der Waals surface area contributed by atoms with Gasteiger partial charge in [-0.15, -0.1) is 0 Å². The molecule has 118 valence electrons. The average Bonchev–Trinajstić information content (AvgIpc) is 3.25. The summed E-state index contributed by atoms with van der Waals surface area (Å²) in [6.45, 7) is 1.36. The third kappa shape index (κ3) is 4.19. The van der Waals surface area contributed by atoms with Crippen molar-refractivity contribution in [3.63, 3.8) is 0 Å². The second-order valence-electron chi connectivity index (χ2n) is 5.23. The Hall–Kier alpha value is -2.11. The molecule has 1 aliphatic rings. The lowest BCUT2D eigenvalue weighted by Crippen LogP contribution is -2.12. The van der Waals surface area contributed by atoms with Crippen molar-refractivity contribution in [2.24, 2.45) is 5.92 Å². The molecule has 0 heterocycles. The summed E-state index contributed by atoms with van der Waals surface area (Å²) in [4.78, 5) is 23.4. The molecule has 1 aromatic rings. The van der Waals surface area contributed by atoms with E-state index in [0.717, 1.165) is 31.9 Å². The van der Waals surface area contributed by atoms with Crippen molar-refractivity contribution in [2.75, 3.05) is 6.61 Å². The van der Waals surface area contributed by atoms with Crippen molar-refractivity contribution < 1.29 is 27.5 Å². The first kappa shape index (κ1) is 16.3. The molecule has 0 aliphatic heterocycles. The Kier molecular flexibility index (Phi) is 4.68. The highest BCUT2D eigenvalue weighted by Crippen LogP contribution is 2.35. The van der Waals surface area contributed by atoms with Gasteiger partial charge in [-0.25, -0.2) is 4.79 Å². The zero-order chi connectivity index (χ0) is 16.3. The van der Waals surface area contributed by atoms with E-state index in [1.807, 2.05) is 0 Å². The van der Waals surface area contributed by atoms with E-state index in [1.54, 1.807) is 0 Å². The molecule has 0 aromatic heterocycles. The molecule has 0 amide bonds.